The van der Waals surface area contributed by atoms with Gasteiger partial charge in [-0.2, -0.15) is 0 Å². The van der Waals surface area contributed by atoms with Gasteiger partial charge in [-0.15, -0.1) is 0 Å². The maximum absolute atomic E-state index is 3.76. The zero-order valence-electron chi connectivity index (χ0n) is 32.0. The third kappa shape index (κ3) is 7.18. The minimum atomic E-state index is -2.97. The van der Waals surface area contributed by atoms with Crippen LogP contribution < -0.4 is 0 Å². The Morgan fingerprint density at radius 1 is 0.537 bits per heavy atom. The number of hydrogen-bond acceptors (Lipinski definition) is 0. The van der Waals surface area contributed by atoms with Crippen LogP contribution in [-0.4, -0.2) is 3.21 Å². The molecular weight excluding hydrogens is 864 g/mol. The summed E-state index contributed by atoms with van der Waals surface area (Å²) in [7, 11) is 0. The molecule has 0 atom stereocenters. The van der Waals surface area contributed by atoms with Crippen molar-refractivity contribution in [3.8, 4) is 33.4 Å². The Morgan fingerprint density at radius 2 is 0.963 bits per heavy atom. The van der Waals surface area contributed by atoms with Crippen LogP contribution in [0.4, 0.5) is 0 Å². The first kappa shape index (κ1) is 37.4. The van der Waals surface area contributed by atoms with Gasteiger partial charge in [0.2, 0.25) is 0 Å². The summed E-state index contributed by atoms with van der Waals surface area (Å²) in [6, 6.07) is 50.9. The third-order valence-corrected chi connectivity index (χ3v) is 20.4. The van der Waals surface area contributed by atoms with E-state index in [0.717, 1.165) is 15.4 Å². The standard InChI is InChI=1S/C33H33.C13H8Br2.C5H5.Zr/c1-32(2,3)30-20-26-24(18-28(30)22-13-9-7-10-14-22)17-25-19-29(23-15-11-8-12-16-23)31(21-27(25)26)33(4,5)6;14-12-5-1-10(2-6-12)9-11-3-7-13(15)8-4-11;1-2-4-5-3-1;/h7-21H,1-6H3;1-8H;1-3H,4H2;. The molecule has 0 bridgehead atoms. The molecule has 2 aliphatic carbocycles. The van der Waals surface area contributed by atoms with Gasteiger partial charge in [0.1, 0.15) is 0 Å². The van der Waals surface area contributed by atoms with Crippen LogP contribution in [0.1, 0.15) is 85.0 Å². The van der Waals surface area contributed by atoms with E-state index in [1.807, 2.05) is 0 Å². The fraction of sp³-hybridized carbons (Fsp3) is 0.196. The van der Waals surface area contributed by atoms with Gasteiger partial charge in [-0.3, -0.25) is 0 Å². The molecule has 268 valence electrons. The Labute approximate surface area is 346 Å². The molecule has 54 heavy (non-hydrogen) atoms. The van der Waals surface area contributed by atoms with Gasteiger partial charge in [0.05, 0.1) is 0 Å². The van der Waals surface area contributed by atoms with Gasteiger partial charge in [0, 0.05) is 0 Å². The molecule has 0 saturated carbocycles. The zero-order valence-corrected chi connectivity index (χ0v) is 37.6. The molecular formula is C51H46Br2Zr. The molecule has 2 aliphatic rings. The van der Waals surface area contributed by atoms with Crippen molar-refractivity contribution >= 4 is 35.1 Å². The molecule has 0 aliphatic heterocycles. The number of hydrogen-bond donors (Lipinski definition) is 0. The number of benzene rings is 6. The molecule has 0 nitrogen and oxygen atoms in total. The zero-order chi connectivity index (χ0) is 37.8. The van der Waals surface area contributed by atoms with Crippen LogP contribution in [-0.2, 0) is 32.1 Å². The Hall–Kier alpha value is -3.49. The van der Waals surface area contributed by atoms with Crippen molar-refractivity contribution in [1.82, 2.24) is 0 Å². The Balaban J connectivity index is 1.55. The summed E-state index contributed by atoms with van der Waals surface area (Å²) in [5, 5.41) is 0. The second-order valence-electron chi connectivity index (χ2n) is 16.8. The SMILES string of the molecule is CC(C)(C)c1cc2c(cc1-c1ccccc1)[CH]([Zr]([C]1=CC=CC1)=[C](c1ccc(Br)cc1)c1ccc(Br)cc1)c1cc(-c3ccccc3)c(C(C)(C)C)cc1-2. The van der Waals surface area contributed by atoms with Gasteiger partial charge >= 0.3 is 349 Å². The van der Waals surface area contributed by atoms with E-state index in [9.17, 15) is 0 Å². The first-order valence-corrected chi connectivity index (χ1v) is 24.4. The van der Waals surface area contributed by atoms with Gasteiger partial charge in [0.25, 0.3) is 0 Å². The van der Waals surface area contributed by atoms with Crippen LogP contribution in [0.2, 0.25) is 0 Å². The monoisotopic (exact) mass is 906 g/mol. The van der Waals surface area contributed by atoms with E-state index in [4.69, 9.17) is 0 Å². The topological polar surface area (TPSA) is 0 Å². The Bertz CT molecular complexity index is 2300. The summed E-state index contributed by atoms with van der Waals surface area (Å²) in [5.41, 5.74) is 16.5. The van der Waals surface area contributed by atoms with E-state index in [0.29, 0.717) is 0 Å². The summed E-state index contributed by atoms with van der Waals surface area (Å²) in [4.78, 5) is 0. The van der Waals surface area contributed by atoms with E-state index in [-0.39, 0.29) is 14.5 Å². The van der Waals surface area contributed by atoms with E-state index < -0.39 is 21.3 Å². The van der Waals surface area contributed by atoms with Crippen LogP contribution in [0.3, 0.4) is 0 Å². The van der Waals surface area contributed by atoms with Crippen molar-refractivity contribution in [2.45, 2.75) is 62.4 Å². The predicted molar refractivity (Wildman–Crippen MR) is 235 cm³/mol. The first-order chi connectivity index (χ1) is 25.9. The number of fused-ring (bicyclic) bond motifs is 3. The molecule has 0 aromatic heterocycles. The van der Waals surface area contributed by atoms with E-state index in [1.54, 1.807) is 6.49 Å². The molecule has 3 heteroatoms. The third-order valence-electron chi connectivity index (χ3n) is 11.0. The molecule has 0 unspecified atom stereocenters. The van der Waals surface area contributed by atoms with Crippen LogP contribution in [0.5, 0.6) is 0 Å². The van der Waals surface area contributed by atoms with E-state index in [2.05, 4.69) is 225 Å². The molecule has 0 fully saturated rings. The average molecular weight is 910 g/mol. The van der Waals surface area contributed by atoms with E-state index in [1.165, 1.54) is 66.8 Å². The van der Waals surface area contributed by atoms with Gasteiger partial charge in [-0.05, 0) is 0 Å². The van der Waals surface area contributed by atoms with Crippen molar-refractivity contribution in [2.75, 3.05) is 0 Å². The van der Waals surface area contributed by atoms with Gasteiger partial charge in [-0.25, -0.2) is 0 Å². The molecule has 0 N–H and O–H groups in total. The second-order valence-corrected chi connectivity index (χ2v) is 24.9. The Kier molecular flexibility index (Phi) is 10.3. The van der Waals surface area contributed by atoms with Gasteiger partial charge in [-0.1, -0.05) is 0 Å². The fourth-order valence-electron chi connectivity index (χ4n) is 8.46. The molecule has 0 spiro atoms. The van der Waals surface area contributed by atoms with Gasteiger partial charge < -0.3 is 0 Å². The maximum atomic E-state index is 3.76. The van der Waals surface area contributed by atoms with Crippen molar-refractivity contribution in [1.29, 1.82) is 0 Å². The van der Waals surface area contributed by atoms with Gasteiger partial charge in [0.15, 0.2) is 0 Å². The first-order valence-electron chi connectivity index (χ1n) is 19.0. The van der Waals surface area contributed by atoms with Crippen molar-refractivity contribution < 1.29 is 21.3 Å². The molecule has 0 saturated heterocycles. The summed E-state index contributed by atoms with van der Waals surface area (Å²) >= 11 is 4.55. The van der Waals surface area contributed by atoms with Crippen LogP contribution >= 0.6 is 31.9 Å². The second kappa shape index (κ2) is 14.9. The van der Waals surface area contributed by atoms with Crippen LogP contribution in [0.15, 0.2) is 164 Å². The van der Waals surface area contributed by atoms with Crippen LogP contribution in [0.25, 0.3) is 33.4 Å². The van der Waals surface area contributed by atoms with Crippen LogP contribution in [0, 0.1) is 0 Å². The van der Waals surface area contributed by atoms with Crippen molar-refractivity contribution in [3.05, 3.63) is 197 Å². The molecule has 6 aromatic carbocycles. The van der Waals surface area contributed by atoms with Crippen molar-refractivity contribution in [2.24, 2.45) is 0 Å². The summed E-state index contributed by atoms with van der Waals surface area (Å²) in [5.74, 6) is 0. The Morgan fingerprint density at radius 3 is 1.33 bits per heavy atom. The fourth-order valence-corrected chi connectivity index (χ4v) is 18.0. The normalized spacial score (nSPS) is 13.8. The molecule has 6 aromatic rings. The molecule has 8 rings (SSSR count). The summed E-state index contributed by atoms with van der Waals surface area (Å²) in [6.07, 6.45) is 8.18. The molecule has 0 radical (unpaired) electrons. The summed E-state index contributed by atoms with van der Waals surface area (Å²) in [6.45, 7) is 14.2. The summed E-state index contributed by atoms with van der Waals surface area (Å²) < 4.78 is 5.69. The van der Waals surface area contributed by atoms with E-state index >= 15 is 0 Å². The molecule has 0 amide bonds. The number of rotatable bonds is 6. The minimum absolute atomic E-state index is 0.0408. The number of halogens is 2. The molecule has 0 heterocycles. The number of allylic oxidation sites excluding steroid dienone is 4. The quantitative estimate of drug-likeness (QED) is 0.156. The van der Waals surface area contributed by atoms with Crippen molar-refractivity contribution in [3.63, 3.8) is 0 Å². The predicted octanol–water partition coefficient (Wildman–Crippen LogP) is 14.9. The average Bonchev–Trinajstić information content (AvgIpc) is 3.80.